The molecule has 4 aromatic rings. The van der Waals surface area contributed by atoms with Crippen molar-refractivity contribution >= 4 is 10.9 Å². The van der Waals surface area contributed by atoms with E-state index in [-0.39, 0.29) is 11.6 Å². The Morgan fingerprint density at radius 3 is 2.60 bits per heavy atom. The van der Waals surface area contributed by atoms with Crippen LogP contribution in [0.1, 0.15) is 80.0 Å². The second-order valence-corrected chi connectivity index (χ2v) is 10.8. The fourth-order valence-electron chi connectivity index (χ4n) is 5.97. The van der Waals surface area contributed by atoms with Crippen molar-refractivity contribution in [2.45, 2.75) is 77.4 Å². The molecule has 9 nitrogen and oxygen atoms in total. The molecule has 9 heteroatoms. The first kappa shape index (κ1) is 27.8. The number of H-pyrrole nitrogens is 1. The molecular formula is C31H40N6O3. The van der Waals surface area contributed by atoms with Gasteiger partial charge in [0, 0.05) is 24.2 Å². The number of fused-ring (bicyclic) bond motifs is 1. The van der Waals surface area contributed by atoms with E-state index in [9.17, 15) is 4.79 Å². The number of pyridine rings is 1. The molecule has 2 heterocycles. The molecule has 2 aromatic heterocycles. The molecule has 0 unspecified atom stereocenters. The Morgan fingerprint density at radius 1 is 1.05 bits per heavy atom. The first-order valence-electron chi connectivity index (χ1n) is 14.4. The highest BCUT2D eigenvalue weighted by Crippen LogP contribution is 2.33. The summed E-state index contributed by atoms with van der Waals surface area (Å²) in [7, 11) is 3.30. The molecule has 5 rings (SSSR count). The van der Waals surface area contributed by atoms with Crippen LogP contribution in [0.4, 0.5) is 0 Å². The van der Waals surface area contributed by atoms with Crippen LogP contribution in [-0.4, -0.2) is 50.9 Å². The van der Waals surface area contributed by atoms with Gasteiger partial charge in [-0.2, -0.15) is 0 Å². The van der Waals surface area contributed by atoms with Crippen LogP contribution >= 0.6 is 0 Å². The minimum Gasteiger partial charge on any atom is -0.493 e. The van der Waals surface area contributed by atoms with Crippen molar-refractivity contribution in [3.63, 3.8) is 0 Å². The van der Waals surface area contributed by atoms with E-state index in [1.807, 2.05) is 30.3 Å². The monoisotopic (exact) mass is 544 g/mol. The molecule has 0 saturated heterocycles. The largest absolute Gasteiger partial charge is 0.493 e. The molecule has 1 aliphatic rings. The normalized spacial score (nSPS) is 15.0. The third-order valence-corrected chi connectivity index (χ3v) is 8.15. The topological polar surface area (TPSA) is 98.2 Å². The lowest BCUT2D eigenvalue weighted by molar-refractivity contribution is 0.165. The van der Waals surface area contributed by atoms with Crippen LogP contribution in [0.2, 0.25) is 0 Å². The zero-order valence-electron chi connectivity index (χ0n) is 24.0. The number of aromatic nitrogens is 5. The van der Waals surface area contributed by atoms with E-state index < -0.39 is 0 Å². The number of rotatable bonds is 11. The summed E-state index contributed by atoms with van der Waals surface area (Å²) in [5.41, 5.74) is 3.82. The minimum atomic E-state index is -0.0609. The summed E-state index contributed by atoms with van der Waals surface area (Å²) in [5, 5.41) is 14.2. The summed E-state index contributed by atoms with van der Waals surface area (Å²) in [6, 6.07) is 14.5. The number of hydrogen-bond acceptors (Lipinski definition) is 7. The van der Waals surface area contributed by atoms with Gasteiger partial charge in [-0.25, -0.2) is 4.68 Å². The zero-order valence-corrected chi connectivity index (χ0v) is 24.0. The van der Waals surface area contributed by atoms with E-state index in [1.165, 1.54) is 19.3 Å². The van der Waals surface area contributed by atoms with Gasteiger partial charge in [-0.15, -0.1) is 5.10 Å². The lowest BCUT2D eigenvalue weighted by Crippen LogP contribution is -2.35. The van der Waals surface area contributed by atoms with Crippen LogP contribution in [0.25, 0.3) is 10.9 Å². The second-order valence-electron chi connectivity index (χ2n) is 10.8. The van der Waals surface area contributed by atoms with Crippen molar-refractivity contribution in [3.05, 3.63) is 75.3 Å². The number of benzene rings is 2. The molecule has 212 valence electrons. The summed E-state index contributed by atoms with van der Waals surface area (Å²) in [6.07, 6.45) is 7.47. The number of methoxy groups -OCH3 is 2. The van der Waals surface area contributed by atoms with Crippen molar-refractivity contribution in [2.75, 3.05) is 20.8 Å². The Hall–Kier alpha value is -3.72. The van der Waals surface area contributed by atoms with Gasteiger partial charge in [0.1, 0.15) is 0 Å². The molecule has 40 heavy (non-hydrogen) atoms. The highest BCUT2D eigenvalue weighted by atomic mass is 16.5. The lowest BCUT2D eigenvalue weighted by Gasteiger charge is -2.32. The maximum Gasteiger partial charge on any atom is 0.252 e. The molecule has 1 N–H and O–H groups in total. The number of nitrogens with one attached hydrogen (secondary N) is 1. The fourth-order valence-corrected chi connectivity index (χ4v) is 5.97. The Morgan fingerprint density at radius 2 is 1.85 bits per heavy atom. The number of nitrogens with zero attached hydrogens (tertiary/aromatic N) is 5. The van der Waals surface area contributed by atoms with E-state index in [1.54, 1.807) is 14.2 Å². The van der Waals surface area contributed by atoms with Crippen LogP contribution in [0.15, 0.2) is 47.3 Å². The van der Waals surface area contributed by atoms with Gasteiger partial charge in [0.15, 0.2) is 17.3 Å². The van der Waals surface area contributed by atoms with Gasteiger partial charge in [-0.3, -0.25) is 9.69 Å². The third kappa shape index (κ3) is 6.04. The van der Waals surface area contributed by atoms with E-state index in [4.69, 9.17) is 9.47 Å². The van der Waals surface area contributed by atoms with Crippen molar-refractivity contribution in [3.8, 4) is 11.5 Å². The van der Waals surface area contributed by atoms with Gasteiger partial charge < -0.3 is 14.5 Å². The molecule has 0 radical (unpaired) electrons. The van der Waals surface area contributed by atoms with Crippen molar-refractivity contribution < 1.29 is 9.47 Å². The molecular weight excluding hydrogens is 504 g/mol. The molecule has 0 bridgehead atoms. The Kier molecular flexibility index (Phi) is 8.79. The number of hydrogen-bond donors (Lipinski definition) is 1. The maximum absolute atomic E-state index is 13.2. The number of ether oxygens (including phenoxy) is 2. The minimum absolute atomic E-state index is 0.0373. The van der Waals surface area contributed by atoms with Gasteiger partial charge in [0.05, 0.1) is 26.3 Å². The van der Waals surface area contributed by atoms with Gasteiger partial charge in [0.25, 0.3) is 5.56 Å². The third-order valence-electron chi connectivity index (χ3n) is 8.15. The molecule has 1 saturated carbocycles. The molecule has 1 fully saturated rings. The van der Waals surface area contributed by atoms with Gasteiger partial charge in [-0.05, 0) is 84.3 Å². The predicted molar refractivity (Wildman–Crippen MR) is 156 cm³/mol. The standard InChI is InChI=1S/C31H40N6O3/c1-5-27(30-33-34-35-37(30)25-9-7-6-8-10-25)36(16-15-22-12-14-28(39-3)29(18-22)40-4)20-24-19-23-17-21(2)11-13-26(23)32-31(24)38/h11-14,17-19,25,27H,5-10,15-16,20H2,1-4H3,(H,32,38)/t27-/m0/s1. The van der Waals surface area contributed by atoms with E-state index in [2.05, 4.69) is 56.1 Å². The molecule has 0 spiro atoms. The smallest absolute Gasteiger partial charge is 0.252 e. The lowest BCUT2D eigenvalue weighted by atomic mass is 9.95. The van der Waals surface area contributed by atoms with E-state index in [0.29, 0.717) is 24.1 Å². The Labute approximate surface area is 235 Å². The Bertz CT molecular complexity index is 1490. The zero-order chi connectivity index (χ0) is 28.1. The first-order valence-corrected chi connectivity index (χ1v) is 14.4. The van der Waals surface area contributed by atoms with E-state index >= 15 is 0 Å². The molecule has 0 aliphatic heterocycles. The van der Waals surface area contributed by atoms with Crippen molar-refractivity contribution in [1.29, 1.82) is 0 Å². The first-order chi connectivity index (χ1) is 19.5. The van der Waals surface area contributed by atoms with Crippen LogP contribution in [0, 0.1) is 6.92 Å². The average Bonchev–Trinajstić information content (AvgIpc) is 3.46. The van der Waals surface area contributed by atoms with Gasteiger partial charge in [0.2, 0.25) is 0 Å². The fraction of sp³-hybridized carbons (Fsp3) is 0.484. The highest BCUT2D eigenvalue weighted by molar-refractivity contribution is 5.79. The summed E-state index contributed by atoms with van der Waals surface area (Å²) in [5.74, 6) is 2.30. The van der Waals surface area contributed by atoms with Crippen LogP contribution in [0.5, 0.6) is 11.5 Å². The second kappa shape index (κ2) is 12.6. The van der Waals surface area contributed by atoms with Crippen molar-refractivity contribution in [1.82, 2.24) is 30.1 Å². The Balaban J connectivity index is 1.49. The maximum atomic E-state index is 13.2. The van der Waals surface area contributed by atoms with Crippen molar-refractivity contribution in [2.24, 2.45) is 0 Å². The summed E-state index contributed by atoms with van der Waals surface area (Å²) in [4.78, 5) is 18.7. The number of aryl methyl sites for hydroxylation is 1. The summed E-state index contributed by atoms with van der Waals surface area (Å²) in [6.45, 7) is 5.44. The van der Waals surface area contributed by atoms with Crippen LogP contribution in [-0.2, 0) is 13.0 Å². The molecule has 2 aromatic carbocycles. The summed E-state index contributed by atoms with van der Waals surface area (Å²) < 4.78 is 13.0. The molecule has 1 aliphatic carbocycles. The highest BCUT2D eigenvalue weighted by Gasteiger charge is 2.29. The van der Waals surface area contributed by atoms with Gasteiger partial charge in [-0.1, -0.05) is 43.9 Å². The van der Waals surface area contributed by atoms with Gasteiger partial charge >= 0.3 is 0 Å². The molecule has 1 atom stereocenters. The summed E-state index contributed by atoms with van der Waals surface area (Å²) >= 11 is 0. The number of aromatic amines is 1. The quantitative estimate of drug-likeness (QED) is 0.265. The average molecular weight is 545 g/mol. The molecule has 0 amide bonds. The van der Waals surface area contributed by atoms with Crippen LogP contribution < -0.4 is 15.0 Å². The SMILES string of the molecule is CC[C@@H](c1nnnn1C1CCCCC1)N(CCc1ccc(OC)c(OC)c1)Cc1cc2cc(C)ccc2[nH]c1=O. The number of tetrazole rings is 1. The predicted octanol–water partition coefficient (Wildman–Crippen LogP) is 5.54. The van der Waals surface area contributed by atoms with Crippen LogP contribution in [0.3, 0.4) is 0 Å². The van der Waals surface area contributed by atoms with E-state index in [0.717, 1.165) is 65.6 Å².